The molecule has 8 heteroatoms. The summed E-state index contributed by atoms with van der Waals surface area (Å²) in [6, 6.07) is 10.0. The van der Waals surface area contributed by atoms with E-state index in [0.29, 0.717) is 18.5 Å². The maximum atomic E-state index is 13.5. The molecule has 30 heavy (non-hydrogen) atoms. The van der Waals surface area contributed by atoms with Crippen LogP contribution in [0.15, 0.2) is 48.8 Å². The van der Waals surface area contributed by atoms with Crippen molar-refractivity contribution in [1.29, 1.82) is 0 Å². The molecular weight excluding hydrogens is 383 g/mol. The van der Waals surface area contributed by atoms with Crippen LogP contribution in [0.5, 0.6) is 0 Å². The van der Waals surface area contributed by atoms with Crippen molar-refractivity contribution < 1.29 is 9.18 Å². The summed E-state index contributed by atoms with van der Waals surface area (Å²) in [4.78, 5) is 21.0. The van der Waals surface area contributed by atoms with E-state index in [1.54, 1.807) is 12.3 Å². The average molecular weight is 406 g/mol. The topological polar surface area (TPSA) is 76.8 Å². The molecule has 0 aliphatic heterocycles. The standard InChI is InChI=1S/C22H23FN6O/c1-14-12-15(21-26-18-13-16(23)5-7-19(18)29(21)3)4-6-17(14)27-22(30)25-9-8-20-24-10-11-28(20)2/h4-7,10-13H,8-9H2,1-3H3,(H2,25,27,30). The van der Waals surface area contributed by atoms with Crippen molar-refractivity contribution in [2.75, 3.05) is 11.9 Å². The maximum absolute atomic E-state index is 13.5. The molecule has 0 spiro atoms. The summed E-state index contributed by atoms with van der Waals surface area (Å²) >= 11 is 0. The molecule has 0 fully saturated rings. The number of imidazole rings is 2. The molecule has 0 saturated heterocycles. The van der Waals surface area contributed by atoms with E-state index in [4.69, 9.17) is 0 Å². The van der Waals surface area contributed by atoms with Gasteiger partial charge in [0.2, 0.25) is 0 Å². The summed E-state index contributed by atoms with van der Waals surface area (Å²) in [6.45, 7) is 2.42. The van der Waals surface area contributed by atoms with Gasteiger partial charge in [-0.25, -0.2) is 19.2 Å². The molecule has 2 N–H and O–H groups in total. The quantitative estimate of drug-likeness (QED) is 0.529. The number of amides is 2. The van der Waals surface area contributed by atoms with Crippen LogP contribution < -0.4 is 10.6 Å². The molecule has 2 aromatic carbocycles. The van der Waals surface area contributed by atoms with Gasteiger partial charge in [0.05, 0.1) is 11.0 Å². The lowest BCUT2D eigenvalue weighted by molar-refractivity contribution is 0.252. The number of carbonyl (C=O) groups is 1. The van der Waals surface area contributed by atoms with Gasteiger partial charge in [-0.2, -0.15) is 0 Å². The van der Waals surface area contributed by atoms with Gasteiger partial charge in [-0.1, -0.05) is 0 Å². The molecule has 4 aromatic rings. The van der Waals surface area contributed by atoms with Crippen molar-refractivity contribution in [1.82, 2.24) is 24.4 Å². The molecule has 2 heterocycles. The molecule has 0 unspecified atom stereocenters. The van der Waals surface area contributed by atoms with Crippen molar-refractivity contribution in [3.63, 3.8) is 0 Å². The molecule has 0 bridgehead atoms. The van der Waals surface area contributed by atoms with E-state index in [2.05, 4.69) is 20.6 Å². The minimum absolute atomic E-state index is 0.265. The number of hydrogen-bond acceptors (Lipinski definition) is 3. The fourth-order valence-corrected chi connectivity index (χ4v) is 3.47. The number of benzene rings is 2. The molecule has 0 aliphatic carbocycles. The number of halogens is 1. The highest BCUT2D eigenvalue weighted by atomic mass is 19.1. The van der Waals surface area contributed by atoms with Gasteiger partial charge in [0.15, 0.2) is 0 Å². The summed E-state index contributed by atoms with van der Waals surface area (Å²) in [7, 11) is 3.83. The Bertz CT molecular complexity index is 1230. The zero-order valence-corrected chi connectivity index (χ0v) is 17.1. The summed E-state index contributed by atoms with van der Waals surface area (Å²) < 4.78 is 17.4. The normalized spacial score (nSPS) is 11.1. The fourth-order valence-electron chi connectivity index (χ4n) is 3.47. The first-order valence-electron chi connectivity index (χ1n) is 9.66. The molecule has 154 valence electrons. The lowest BCUT2D eigenvalue weighted by atomic mass is 10.1. The van der Waals surface area contributed by atoms with E-state index in [1.165, 1.54) is 12.1 Å². The third-order valence-electron chi connectivity index (χ3n) is 5.13. The Kier molecular flexibility index (Phi) is 5.22. The van der Waals surface area contributed by atoms with E-state index < -0.39 is 0 Å². The minimum Gasteiger partial charge on any atom is -0.338 e. The molecule has 0 saturated carbocycles. The largest absolute Gasteiger partial charge is 0.338 e. The van der Waals surface area contributed by atoms with Gasteiger partial charge >= 0.3 is 6.03 Å². The molecule has 2 amide bonds. The maximum Gasteiger partial charge on any atom is 0.319 e. The van der Waals surface area contributed by atoms with Crippen LogP contribution in [-0.2, 0) is 20.5 Å². The number of carbonyl (C=O) groups excluding carboxylic acids is 1. The van der Waals surface area contributed by atoms with Crippen LogP contribution in [0.3, 0.4) is 0 Å². The van der Waals surface area contributed by atoms with Gasteiger partial charge in [-0.3, -0.25) is 0 Å². The average Bonchev–Trinajstić information content (AvgIpc) is 3.26. The van der Waals surface area contributed by atoms with Crippen LogP contribution in [0, 0.1) is 12.7 Å². The highest BCUT2D eigenvalue weighted by Crippen LogP contribution is 2.27. The highest BCUT2D eigenvalue weighted by molar-refractivity contribution is 5.90. The summed E-state index contributed by atoms with van der Waals surface area (Å²) in [5, 5.41) is 5.73. The van der Waals surface area contributed by atoms with Gasteiger partial charge in [-0.05, 0) is 42.8 Å². The fraction of sp³-hybridized carbons (Fsp3) is 0.227. The van der Waals surface area contributed by atoms with E-state index in [1.807, 2.05) is 54.5 Å². The molecule has 0 atom stereocenters. The predicted molar refractivity (Wildman–Crippen MR) is 115 cm³/mol. The van der Waals surface area contributed by atoms with E-state index in [-0.39, 0.29) is 11.8 Å². The van der Waals surface area contributed by atoms with Crippen LogP contribution >= 0.6 is 0 Å². The Hall–Kier alpha value is -3.68. The number of nitrogens with one attached hydrogen (secondary N) is 2. The summed E-state index contributed by atoms with van der Waals surface area (Å²) in [6.07, 6.45) is 4.27. The number of aromatic nitrogens is 4. The van der Waals surface area contributed by atoms with Gasteiger partial charge in [-0.15, -0.1) is 0 Å². The number of aryl methyl sites for hydroxylation is 3. The second kappa shape index (κ2) is 7.98. The first kappa shape index (κ1) is 19.6. The molecule has 2 aromatic heterocycles. The van der Waals surface area contributed by atoms with Crippen LogP contribution in [0.1, 0.15) is 11.4 Å². The van der Waals surface area contributed by atoms with E-state index >= 15 is 0 Å². The van der Waals surface area contributed by atoms with E-state index in [0.717, 1.165) is 34.0 Å². The lowest BCUT2D eigenvalue weighted by Crippen LogP contribution is -2.31. The third-order valence-corrected chi connectivity index (χ3v) is 5.13. The van der Waals surface area contributed by atoms with Crippen LogP contribution in [0.4, 0.5) is 14.9 Å². The molecule has 4 rings (SSSR count). The highest BCUT2D eigenvalue weighted by Gasteiger charge is 2.12. The number of fused-ring (bicyclic) bond motifs is 1. The number of rotatable bonds is 5. The van der Waals surface area contributed by atoms with Crippen molar-refractivity contribution in [3.8, 4) is 11.4 Å². The lowest BCUT2D eigenvalue weighted by Gasteiger charge is -2.11. The number of anilines is 1. The molecule has 0 radical (unpaired) electrons. The predicted octanol–water partition coefficient (Wildman–Crippen LogP) is 3.79. The first-order valence-corrected chi connectivity index (χ1v) is 9.66. The smallest absolute Gasteiger partial charge is 0.319 e. The van der Waals surface area contributed by atoms with Crippen LogP contribution in [-0.4, -0.2) is 31.7 Å². The zero-order valence-electron chi connectivity index (χ0n) is 17.1. The molecule has 7 nitrogen and oxygen atoms in total. The molecule has 0 aliphatic rings. The van der Waals surface area contributed by atoms with Gasteiger partial charge < -0.3 is 19.8 Å². The monoisotopic (exact) mass is 406 g/mol. The Morgan fingerprint density at radius 3 is 2.73 bits per heavy atom. The second-order valence-corrected chi connectivity index (χ2v) is 7.24. The van der Waals surface area contributed by atoms with Crippen LogP contribution in [0.25, 0.3) is 22.4 Å². The number of nitrogens with zero attached hydrogens (tertiary/aromatic N) is 4. The Balaban J connectivity index is 1.45. The third kappa shape index (κ3) is 3.89. The first-order chi connectivity index (χ1) is 14.4. The Morgan fingerprint density at radius 1 is 1.17 bits per heavy atom. The Morgan fingerprint density at radius 2 is 2.00 bits per heavy atom. The van der Waals surface area contributed by atoms with E-state index in [9.17, 15) is 9.18 Å². The van der Waals surface area contributed by atoms with Gasteiger partial charge in [0.25, 0.3) is 0 Å². The minimum atomic E-state index is -0.309. The zero-order chi connectivity index (χ0) is 21.3. The van der Waals surface area contributed by atoms with Gasteiger partial charge in [0.1, 0.15) is 17.5 Å². The van der Waals surface area contributed by atoms with Crippen LogP contribution in [0.2, 0.25) is 0 Å². The Labute approximate surface area is 173 Å². The second-order valence-electron chi connectivity index (χ2n) is 7.24. The van der Waals surface area contributed by atoms with Crippen molar-refractivity contribution >= 4 is 22.8 Å². The molecular formula is C22H23FN6O. The summed E-state index contributed by atoms with van der Waals surface area (Å²) in [5.74, 6) is 1.35. The van der Waals surface area contributed by atoms with Gasteiger partial charge in [0, 0.05) is 56.8 Å². The number of hydrogen-bond donors (Lipinski definition) is 2. The SMILES string of the molecule is Cc1cc(-c2nc3cc(F)ccc3n2C)ccc1NC(=O)NCCc1nccn1C. The van der Waals surface area contributed by atoms with Crippen molar-refractivity contribution in [2.24, 2.45) is 14.1 Å². The number of urea groups is 1. The summed E-state index contributed by atoms with van der Waals surface area (Å²) in [5.41, 5.74) is 3.99. The van der Waals surface area contributed by atoms with Crippen molar-refractivity contribution in [2.45, 2.75) is 13.3 Å². The van der Waals surface area contributed by atoms with Crippen molar-refractivity contribution in [3.05, 3.63) is 66.0 Å².